The monoisotopic (exact) mass is 561 g/mol. The standard InChI is InChI=1S/C21H29FN6O2.C7H17N.CH2O/c1-3-29-9-6-8-27(2)18-12-17-16(11-14(18)22)24-21(25-17)20-15(23)13-28(26-20)19-7-4-5-10-30-19;1-6(2)8(5)7(3)4;1-2/h11-13,19H,3-10,23H2,1-2H3,(H,24,25);6-7H,1-5H3;1H2. The van der Waals surface area contributed by atoms with Gasteiger partial charge in [0.1, 0.15) is 18.8 Å². The zero-order valence-corrected chi connectivity index (χ0v) is 25.2. The van der Waals surface area contributed by atoms with Gasteiger partial charge in [0.2, 0.25) is 0 Å². The van der Waals surface area contributed by atoms with Crippen LogP contribution < -0.4 is 10.6 Å². The Balaban J connectivity index is 0.000000484. The van der Waals surface area contributed by atoms with Crippen LogP contribution in [0.1, 0.15) is 66.5 Å². The van der Waals surface area contributed by atoms with E-state index in [4.69, 9.17) is 20.0 Å². The molecule has 10 nitrogen and oxygen atoms in total. The number of imidazole rings is 1. The van der Waals surface area contributed by atoms with Gasteiger partial charge in [0.15, 0.2) is 11.5 Å². The lowest BCUT2D eigenvalue weighted by Crippen LogP contribution is -2.32. The molecule has 3 heterocycles. The largest absolute Gasteiger partial charge is 0.396 e. The summed E-state index contributed by atoms with van der Waals surface area (Å²) in [6.45, 7) is 15.6. The minimum Gasteiger partial charge on any atom is -0.396 e. The molecule has 1 aliphatic rings. The summed E-state index contributed by atoms with van der Waals surface area (Å²) in [6, 6.07) is 4.57. The van der Waals surface area contributed by atoms with Crippen molar-refractivity contribution in [2.24, 2.45) is 0 Å². The quantitative estimate of drug-likeness (QED) is 0.322. The second-order valence-corrected chi connectivity index (χ2v) is 10.5. The summed E-state index contributed by atoms with van der Waals surface area (Å²) in [6.07, 6.45) is 5.57. The molecule has 11 heteroatoms. The van der Waals surface area contributed by atoms with Crippen LogP contribution in [0.15, 0.2) is 18.3 Å². The molecule has 3 aromatic rings. The van der Waals surface area contributed by atoms with Gasteiger partial charge in [0, 0.05) is 51.6 Å². The summed E-state index contributed by atoms with van der Waals surface area (Å²) in [5.41, 5.74) is 9.04. The molecule has 1 unspecified atom stereocenters. The molecule has 4 rings (SSSR count). The molecule has 0 bridgehead atoms. The molecule has 1 saturated heterocycles. The van der Waals surface area contributed by atoms with Crippen LogP contribution in [0.4, 0.5) is 15.8 Å². The van der Waals surface area contributed by atoms with Gasteiger partial charge in [-0.1, -0.05) is 0 Å². The molecular formula is C29H48FN7O3. The van der Waals surface area contributed by atoms with Gasteiger partial charge in [0.05, 0.1) is 28.6 Å². The maximum absolute atomic E-state index is 14.7. The lowest BCUT2D eigenvalue weighted by Gasteiger charge is -2.24. The van der Waals surface area contributed by atoms with Gasteiger partial charge in [-0.15, -0.1) is 0 Å². The third kappa shape index (κ3) is 9.00. The van der Waals surface area contributed by atoms with E-state index in [1.807, 2.05) is 25.7 Å². The highest BCUT2D eigenvalue weighted by molar-refractivity contribution is 5.84. The number of benzene rings is 1. The number of aromatic amines is 1. The Morgan fingerprint density at radius 2 is 1.93 bits per heavy atom. The molecule has 1 aliphatic heterocycles. The summed E-state index contributed by atoms with van der Waals surface area (Å²) >= 11 is 0. The predicted molar refractivity (Wildman–Crippen MR) is 160 cm³/mol. The smallest absolute Gasteiger partial charge is 0.161 e. The van der Waals surface area contributed by atoms with Crippen LogP contribution in [-0.2, 0) is 14.3 Å². The third-order valence-corrected chi connectivity index (χ3v) is 7.01. The normalized spacial score (nSPS) is 15.2. The SMILES string of the molecule is C=O.CC(C)N(C)C(C)C.CCOCCCN(C)c1cc2nc(-c3nn(C4CCCCO4)cc3N)[nH]c2cc1F. The summed E-state index contributed by atoms with van der Waals surface area (Å²) < 4.78 is 27.6. The minimum atomic E-state index is -0.300. The number of nitrogen functional groups attached to an aromatic ring is 1. The number of aromatic nitrogens is 4. The molecule has 1 fully saturated rings. The fourth-order valence-corrected chi connectivity index (χ4v) is 4.36. The van der Waals surface area contributed by atoms with Crippen molar-refractivity contribution in [3.05, 3.63) is 24.1 Å². The van der Waals surface area contributed by atoms with Gasteiger partial charge in [-0.05, 0) is 73.4 Å². The van der Waals surface area contributed by atoms with E-state index in [9.17, 15) is 4.39 Å². The number of rotatable bonds is 10. The van der Waals surface area contributed by atoms with Gasteiger partial charge < -0.3 is 34.8 Å². The number of H-pyrrole nitrogens is 1. The Morgan fingerprint density at radius 3 is 2.50 bits per heavy atom. The molecule has 0 aliphatic carbocycles. The van der Waals surface area contributed by atoms with Crippen molar-refractivity contribution in [1.29, 1.82) is 0 Å². The highest BCUT2D eigenvalue weighted by Crippen LogP contribution is 2.30. The first-order valence-corrected chi connectivity index (χ1v) is 14.1. The molecule has 0 spiro atoms. The van der Waals surface area contributed by atoms with Crippen LogP contribution in [-0.4, -0.2) is 84.0 Å². The molecule has 0 saturated carbocycles. The van der Waals surface area contributed by atoms with E-state index in [0.29, 0.717) is 65.8 Å². The molecule has 40 heavy (non-hydrogen) atoms. The first-order chi connectivity index (χ1) is 19.1. The molecule has 3 N–H and O–H groups in total. The molecule has 0 radical (unpaired) electrons. The van der Waals surface area contributed by atoms with Gasteiger partial charge in [-0.3, -0.25) is 0 Å². The van der Waals surface area contributed by atoms with Crippen molar-refractivity contribution in [3.8, 4) is 11.5 Å². The van der Waals surface area contributed by atoms with E-state index >= 15 is 0 Å². The fourth-order valence-electron chi connectivity index (χ4n) is 4.36. The van der Waals surface area contributed by atoms with Crippen molar-refractivity contribution in [3.63, 3.8) is 0 Å². The number of carbonyl (C=O) groups is 1. The van der Waals surface area contributed by atoms with E-state index in [2.05, 4.69) is 54.7 Å². The van der Waals surface area contributed by atoms with Crippen molar-refractivity contribution in [1.82, 2.24) is 24.6 Å². The maximum atomic E-state index is 14.7. The lowest BCUT2D eigenvalue weighted by molar-refractivity contribution is -0.0980. The van der Waals surface area contributed by atoms with E-state index in [1.165, 1.54) is 6.07 Å². The minimum absolute atomic E-state index is 0.103. The zero-order valence-electron chi connectivity index (χ0n) is 25.2. The number of anilines is 2. The van der Waals surface area contributed by atoms with E-state index in [-0.39, 0.29) is 12.0 Å². The van der Waals surface area contributed by atoms with Gasteiger partial charge in [0.25, 0.3) is 0 Å². The molecule has 0 amide bonds. The Kier molecular flexibility index (Phi) is 13.5. The summed E-state index contributed by atoms with van der Waals surface area (Å²) in [4.78, 5) is 20.0. The van der Waals surface area contributed by atoms with E-state index < -0.39 is 0 Å². The molecule has 224 valence electrons. The Morgan fingerprint density at radius 1 is 1.23 bits per heavy atom. The number of hydrogen-bond donors (Lipinski definition) is 2. The number of hydrogen-bond acceptors (Lipinski definition) is 8. The van der Waals surface area contributed by atoms with Crippen molar-refractivity contribution < 1.29 is 18.7 Å². The number of halogens is 1. The average molecular weight is 562 g/mol. The number of ether oxygens (including phenoxy) is 2. The predicted octanol–water partition coefficient (Wildman–Crippen LogP) is 5.26. The maximum Gasteiger partial charge on any atom is 0.161 e. The van der Waals surface area contributed by atoms with Crippen LogP contribution in [0.2, 0.25) is 0 Å². The second-order valence-electron chi connectivity index (χ2n) is 10.5. The van der Waals surface area contributed by atoms with Crippen LogP contribution in [0, 0.1) is 5.82 Å². The second kappa shape index (κ2) is 16.3. The van der Waals surface area contributed by atoms with E-state index in [1.54, 1.807) is 16.9 Å². The molecule has 1 atom stereocenters. The molecular weight excluding hydrogens is 513 g/mol. The zero-order chi connectivity index (χ0) is 29.8. The molecule has 2 aromatic heterocycles. The first kappa shape index (κ1) is 33.2. The third-order valence-electron chi connectivity index (χ3n) is 7.01. The first-order valence-electron chi connectivity index (χ1n) is 14.1. The molecule has 1 aromatic carbocycles. The topological polar surface area (TPSA) is 115 Å². The Labute approximate surface area is 238 Å². The highest BCUT2D eigenvalue weighted by Gasteiger charge is 2.21. The average Bonchev–Trinajstić information content (AvgIpc) is 3.54. The van der Waals surface area contributed by atoms with Gasteiger partial charge in [-0.2, -0.15) is 5.10 Å². The Bertz CT molecular complexity index is 1150. The van der Waals surface area contributed by atoms with Crippen LogP contribution in [0.25, 0.3) is 22.6 Å². The number of nitrogens with two attached hydrogens (primary N) is 1. The lowest BCUT2D eigenvalue weighted by atomic mass is 10.2. The van der Waals surface area contributed by atoms with Crippen molar-refractivity contribution >= 4 is 29.2 Å². The van der Waals surface area contributed by atoms with Gasteiger partial charge >= 0.3 is 0 Å². The van der Waals surface area contributed by atoms with Gasteiger partial charge in [-0.25, -0.2) is 14.1 Å². The van der Waals surface area contributed by atoms with Crippen molar-refractivity contribution in [2.75, 3.05) is 51.1 Å². The summed E-state index contributed by atoms with van der Waals surface area (Å²) in [7, 11) is 4.02. The highest BCUT2D eigenvalue weighted by atomic mass is 19.1. The number of nitrogens with zero attached hydrogens (tertiary/aromatic N) is 5. The number of carbonyl (C=O) groups excluding carboxylic acids is 1. The number of fused-ring (bicyclic) bond motifs is 1. The summed E-state index contributed by atoms with van der Waals surface area (Å²) in [5.74, 6) is 0.221. The number of nitrogens with one attached hydrogen (secondary N) is 1. The van der Waals surface area contributed by atoms with E-state index in [0.717, 1.165) is 32.3 Å². The van der Waals surface area contributed by atoms with Crippen LogP contribution in [0.5, 0.6) is 0 Å². The van der Waals surface area contributed by atoms with Crippen LogP contribution >= 0.6 is 0 Å². The Hall–Kier alpha value is -3.02. The fraction of sp³-hybridized carbons (Fsp3) is 0.621. The summed E-state index contributed by atoms with van der Waals surface area (Å²) in [5, 5.41) is 4.59. The van der Waals surface area contributed by atoms with Crippen LogP contribution in [0.3, 0.4) is 0 Å². The van der Waals surface area contributed by atoms with Crippen molar-refractivity contribution in [2.45, 2.75) is 78.6 Å².